The highest BCUT2D eigenvalue weighted by Gasteiger charge is 2.28. The predicted molar refractivity (Wildman–Crippen MR) is 118 cm³/mol. The molecular weight excluding hydrogens is 378 g/mol. The fourth-order valence-corrected chi connectivity index (χ4v) is 4.95. The van der Waals surface area contributed by atoms with E-state index in [0.717, 1.165) is 50.9 Å². The van der Waals surface area contributed by atoms with Gasteiger partial charge in [-0.3, -0.25) is 9.69 Å². The van der Waals surface area contributed by atoms with Crippen LogP contribution in [0.1, 0.15) is 19.2 Å². The van der Waals surface area contributed by atoms with Gasteiger partial charge in [0.05, 0.1) is 22.4 Å². The van der Waals surface area contributed by atoms with Crippen LogP contribution >= 0.6 is 11.8 Å². The number of aromatic nitrogens is 2. The lowest BCUT2D eigenvalue weighted by Gasteiger charge is -2.31. The van der Waals surface area contributed by atoms with Gasteiger partial charge in [-0.2, -0.15) is 0 Å². The van der Waals surface area contributed by atoms with Crippen LogP contribution in [0, 0.1) is 0 Å². The van der Waals surface area contributed by atoms with Crippen molar-refractivity contribution >= 4 is 40.1 Å². The maximum absolute atomic E-state index is 13.7. The van der Waals surface area contributed by atoms with Gasteiger partial charge in [-0.05, 0) is 42.8 Å². The van der Waals surface area contributed by atoms with Crippen LogP contribution in [-0.4, -0.2) is 15.5 Å². The number of imidazole rings is 1. The van der Waals surface area contributed by atoms with Crippen molar-refractivity contribution in [1.29, 1.82) is 0 Å². The lowest BCUT2D eigenvalue weighted by Crippen LogP contribution is -2.32. The average molecular weight is 400 g/mol. The molecule has 0 saturated heterocycles. The van der Waals surface area contributed by atoms with Crippen LogP contribution in [0.4, 0.5) is 11.4 Å². The summed E-state index contributed by atoms with van der Waals surface area (Å²) < 4.78 is 2.08. The van der Waals surface area contributed by atoms with E-state index in [0.29, 0.717) is 0 Å². The van der Waals surface area contributed by atoms with Crippen molar-refractivity contribution in [2.45, 2.75) is 36.1 Å². The molecule has 0 saturated carbocycles. The second-order valence-corrected chi connectivity index (χ2v) is 8.20. The first-order valence-corrected chi connectivity index (χ1v) is 10.7. The first kappa shape index (κ1) is 18.0. The van der Waals surface area contributed by atoms with Crippen molar-refractivity contribution in [3.05, 3.63) is 78.6 Å². The largest absolute Gasteiger partial charge is 0.318 e. The normalized spacial score (nSPS) is 12.7. The second-order valence-electron chi connectivity index (χ2n) is 7.12. The molecule has 4 aromatic rings. The number of nitrogens with zero attached hydrogens (tertiary/aromatic N) is 3. The third kappa shape index (κ3) is 3.12. The molecular formula is C24H21N3OS. The Morgan fingerprint density at radius 1 is 0.897 bits per heavy atom. The quantitative estimate of drug-likeness (QED) is 0.434. The maximum atomic E-state index is 13.7. The van der Waals surface area contributed by atoms with Crippen LogP contribution in [0.3, 0.4) is 0 Å². The van der Waals surface area contributed by atoms with E-state index < -0.39 is 0 Å². The Kier molecular flexibility index (Phi) is 4.60. The van der Waals surface area contributed by atoms with E-state index in [9.17, 15) is 4.79 Å². The first-order valence-electron chi connectivity index (χ1n) is 9.89. The Bertz CT molecular complexity index is 1170. The molecule has 144 valence electrons. The van der Waals surface area contributed by atoms with E-state index in [2.05, 4.69) is 23.6 Å². The van der Waals surface area contributed by atoms with Gasteiger partial charge in [0, 0.05) is 16.2 Å². The van der Waals surface area contributed by atoms with Gasteiger partial charge in [-0.15, -0.1) is 0 Å². The smallest absolute Gasteiger partial charge is 0.251 e. The van der Waals surface area contributed by atoms with Crippen LogP contribution in [0.5, 0.6) is 0 Å². The van der Waals surface area contributed by atoms with Crippen molar-refractivity contribution < 1.29 is 4.79 Å². The van der Waals surface area contributed by atoms with E-state index in [1.807, 2.05) is 65.6 Å². The SMILES string of the molecule is CCCc1nc2ccccc2n1CC(=O)N1c2ccccc2Sc2ccccc21. The molecule has 29 heavy (non-hydrogen) atoms. The minimum atomic E-state index is 0.0470. The number of para-hydroxylation sites is 4. The van der Waals surface area contributed by atoms with Crippen molar-refractivity contribution in [1.82, 2.24) is 9.55 Å². The number of carbonyl (C=O) groups excluding carboxylic acids is 1. The van der Waals surface area contributed by atoms with Gasteiger partial charge in [0.15, 0.2) is 0 Å². The lowest BCUT2D eigenvalue weighted by molar-refractivity contribution is -0.118. The van der Waals surface area contributed by atoms with Gasteiger partial charge in [0.25, 0.3) is 5.91 Å². The van der Waals surface area contributed by atoms with Gasteiger partial charge >= 0.3 is 0 Å². The Labute approximate surface area is 174 Å². The van der Waals surface area contributed by atoms with E-state index in [1.54, 1.807) is 11.8 Å². The van der Waals surface area contributed by atoms with Crippen LogP contribution in [-0.2, 0) is 17.8 Å². The van der Waals surface area contributed by atoms with Gasteiger partial charge in [-0.1, -0.05) is 55.1 Å². The lowest BCUT2D eigenvalue weighted by atomic mass is 10.2. The molecule has 0 radical (unpaired) electrons. The Morgan fingerprint density at radius 3 is 2.21 bits per heavy atom. The van der Waals surface area contributed by atoms with Gasteiger partial charge in [-0.25, -0.2) is 4.98 Å². The molecule has 3 aromatic carbocycles. The monoisotopic (exact) mass is 399 g/mol. The maximum Gasteiger partial charge on any atom is 0.251 e. The topological polar surface area (TPSA) is 38.1 Å². The number of carbonyl (C=O) groups is 1. The van der Waals surface area contributed by atoms with E-state index in [4.69, 9.17) is 4.98 Å². The summed E-state index contributed by atoms with van der Waals surface area (Å²) in [5.41, 5.74) is 3.85. The summed E-state index contributed by atoms with van der Waals surface area (Å²) in [7, 11) is 0. The third-order valence-corrected chi connectivity index (χ3v) is 6.31. The molecule has 0 fully saturated rings. The number of hydrogen-bond acceptors (Lipinski definition) is 3. The number of aryl methyl sites for hydroxylation is 1. The summed E-state index contributed by atoms with van der Waals surface area (Å²) in [5, 5.41) is 0. The zero-order chi connectivity index (χ0) is 19.8. The van der Waals surface area contributed by atoms with Gasteiger partial charge in [0.1, 0.15) is 12.4 Å². The molecule has 1 aromatic heterocycles. The summed E-state index contributed by atoms with van der Waals surface area (Å²) in [6.07, 6.45) is 1.84. The number of fused-ring (bicyclic) bond motifs is 3. The zero-order valence-corrected chi connectivity index (χ0v) is 17.0. The molecule has 1 aliphatic heterocycles. The summed E-state index contributed by atoms with van der Waals surface area (Å²) >= 11 is 1.71. The molecule has 0 unspecified atom stereocenters. The van der Waals surface area contributed by atoms with Gasteiger partial charge < -0.3 is 4.57 Å². The minimum absolute atomic E-state index is 0.0470. The van der Waals surface area contributed by atoms with E-state index in [-0.39, 0.29) is 12.5 Å². The van der Waals surface area contributed by atoms with Crippen LogP contribution < -0.4 is 4.90 Å². The minimum Gasteiger partial charge on any atom is -0.318 e. The molecule has 0 bridgehead atoms. The molecule has 5 heteroatoms. The highest BCUT2D eigenvalue weighted by molar-refractivity contribution is 7.99. The first-order chi connectivity index (χ1) is 14.3. The van der Waals surface area contributed by atoms with Crippen LogP contribution in [0.15, 0.2) is 82.6 Å². The second kappa shape index (κ2) is 7.41. The summed E-state index contributed by atoms with van der Waals surface area (Å²) in [4.78, 5) is 22.5. The van der Waals surface area contributed by atoms with Gasteiger partial charge in [0.2, 0.25) is 0 Å². The number of hydrogen-bond donors (Lipinski definition) is 0. The molecule has 2 heterocycles. The Morgan fingerprint density at radius 2 is 1.52 bits per heavy atom. The highest BCUT2D eigenvalue weighted by Crippen LogP contribution is 2.48. The highest BCUT2D eigenvalue weighted by atomic mass is 32.2. The van der Waals surface area contributed by atoms with E-state index in [1.165, 1.54) is 0 Å². The van der Waals surface area contributed by atoms with Crippen molar-refractivity contribution in [2.75, 3.05) is 4.90 Å². The summed E-state index contributed by atoms with van der Waals surface area (Å²) in [6, 6.07) is 24.3. The predicted octanol–water partition coefficient (Wildman–Crippen LogP) is 5.82. The Hall–Kier alpha value is -3.05. The van der Waals surface area contributed by atoms with Crippen molar-refractivity contribution in [2.24, 2.45) is 0 Å². The zero-order valence-electron chi connectivity index (χ0n) is 16.2. The molecule has 4 nitrogen and oxygen atoms in total. The average Bonchev–Trinajstić information content (AvgIpc) is 3.09. The molecule has 5 rings (SSSR count). The number of rotatable bonds is 4. The van der Waals surface area contributed by atoms with E-state index >= 15 is 0 Å². The van der Waals surface area contributed by atoms with Crippen molar-refractivity contribution in [3.8, 4) is 0 Å². The fourth-order valence-electron chi connectivity index (χ4n) is 3.90. The molecule has 1 aliphatic rings. The molecule has 1 amide bonds. The molecule has 0 N–H and O–H groups in total. The number of anilines is 2. The number of benzene rings is 3. The summed E-state index contributed by atoms with van der Waals surface area (Å²) in [5.74, 6) is 1.01. The van der Waals surface area contributed by atoms with Crippen molar-refractivity contribution in [3.63, 3.8) is 0 Å². The van der Waals surface area contributed by atoms with Crippen LogP contribution in [0.25, 0.3) is 11.0 Å². The fraction of sp³-hybridized carbons (Fsp3) is 0.167. The molecule has 0 atom stereocenters. The standard InChI is InChI=1S/C24H21N3OS/c1-2-9-23-25-17-10-3-4-11-18(17)26(23)16-24(28)27-19-12-5-7-14-21(19)29-22-15-8-6-13-20(22)27/h3-8,10-15H,2,9,16H2,1H3. The molecule has 0 aliphatic carbocycles. The third-order valence-electron chi connectivity index (χ3n) is 5.18. The summed E-state index contributed by atoms with van der Waals surface area (Å²) in [6.45, 7) is 2.41. The molecule has 0 spiro atoms. The van der Waals surface area contributed by atoms with Crippen LogP contribution in [0.2, 0.25) is 0 Å². The number of amides is 1. The Balaban J connectivity index is 1.59.